The van der Waals surface area contributed by atoms with Crippen LogP contribution in [0.15, 0.2) is 18.2 Å². The van der Waals surface area contributed by atoms with Crippen molar-refractivity contribution in [3.63, 3.8) is 0 Å². The van der Waals surface area contributed by atoms with Gasteiger partial charge in [0.1, 0.15) is 0 Å². The lowest BCUT2D eigenvalue weighted by Crippen LogP contribution is -2.37. The summed E-state index contributed by atoms with van der Waals surface area (Å²) in [6.07, 6.45) is 2.82. The van der Waals surface area contributed by atoms with E-state index < -0.39 is 0 Å². The van der Waals surface area contributed by atoms with Crippen molar-refractivity contribution in [2.45, 2.75) is 39.2 Å². The van der Waals surface area contributed by atoms with Crippen LogP contribution in [0.3, 0.4) is 0 Å². The molecule has 1 aliphatic rings. The highest BCUT2D eigenvalue weighted by Crippen LogP contribution is 2.24. The van der Waals surface area contributed by atoms with Crippen LogP contribution in [0.1, 0.15) is 30.5 Å². The summed E-state index contributed by atoms with van der Waals surface area (Å²) in [5, 5.41) is 3.11. The summed E-state index contributed by atoms with van der Waals surface area (Å²) in [6, 6.07) is 6.83. The fourth-order valence-electron chi connectivity index (χ4n) is 2.41. The van der Waals surface area contributed by atoms with E-state index in [2.05, 4.69) is 23.5 Å². The van der Waals surface area contributed by atoms with E-state index in [4.69, 9.17) is 11.6 Å². The highest BCUT2D eigenvalue weighted by Gasteiger charge is 2.23. The van der Waals surface area contributed by atoms with Gasteiger partial charge in [-0.2, -0.15) is 0 Å². The Hall–Kier alpha value is -1.02. The Morgan fingerprint density at radius 1 is 1.39 bits per heavy atom. The molecule has 0 bridgehead atoms. The predicted octanol–water partition coefficient (Wildman–Crippen LogP) is 2.71. The summed E-state index contributed by atoms with van der Waals surface area (Å²) >= 11 is 5.76. The third-order valence-electron chi connectivity index (χ3n) is 3.46. The van der Waals surface area contributed by atoms with Gasteiger partial charge in [-0.25, -0.2) is 0 Å². The number of carbonyl (C=O) groups is 1. The van der Waals surface area contributed by atoms with E-state index in [1.165, 1.54) is 16.7 Å². The number of aryl methyl sites for hydroxylation is 1. The second-order valence-electron chi connectivity index (χ2n) is 5.31. The van der Waals surface area contributed by atoms with Crippen molar-refractivity contribution in [3.8, 4) is 0 Å². The van der Waals surface area contributed by atoms with Gasteiger partial charge in [-0.1, -0.05) is 32.0 Å². The van der Waals surface area contributed by atoms with E-state index in [0.717, 1.165) is 19.3 Å². The lowest BCUT2D eigenvalue weighted by Gasteiger charge is -2.13. The van der Waals surface area contributed by atoms with Gasteiger partial charge < -0.3 is 5.32 Å². The normalized spacial score (nSPS) is 17.9. The van der Waals surface area contributed by atoms with Crippen molar-refractivity contribution in [1.82, 2.24) is 5.32 Å². The molecule has 2 nitrogen and oxygen atoms in total. The highest BCUT2D eigenvalue weighted by atomic mass is 35.5. The van der Waals surface area contributed by atoms with Gasteiger partial charge in [0.2, 0.25) is 5.91 Å². The SMILES string of the molecule is CC(C)C(=O)N[C@H]1Cc2ccc(CCCl)cc2C1. The average molecular weight is 266 g/mol. The number of hydrogen-bond acceptors (Lipinski definition) is 1. The van der Waals surface area contributed by atoms with Gasteiger partial charge >= 0.3 is 0 Å². The first-order valence-electron chi connectivity index (χ1n) is 6.57. The smallest absolute Gasteiger partial charge is 0.222 e. The molecule has 2 rings (SSSR count). The monoisotopic (exact) mass is 265 g/mol. The number of carbonyl (C=O) groups excluding carboxylic acids is 1. The number of benzene rings is 1. The Labute approximate surface area is 114 Å². The maximum Gasteiger partial charge on any atom is 0.222 e. The number of rotatable bonds is 4. The summed E-state index contributed by atoms with van der Waals surface area (Å²) in [7, 11) is 0. The lowest BCUT2D eigenvalue weighted by molar-refractivity contribution is -0.124. The van der Waals surface area contributed by atoms with Crippen LogP contribution in [0.2, 0.25) is 0 Å². The molecule has 0 saturated heterocycles. The Kier molecular flexibility index (Phi) is 4.28. The molecule has 0 aromatic heterocycles. The first-order valence-corrected chi connectivity index (χ1v) is 7.10. The summed E-state index contributed by atoms with van der Waals surface area (Å²) in [5.41, 5.74) is 4.02. The van der Waals surface area contributed by atoms with Gasteiger partial charge in [0.15, 0.2) is 0 Å². The Balaban J connectivity index is 2.01. The zero-order chi connectivity index (χ0) is 13.1. The lowest BCUT2D eigenvalue weighted by atomic mass is 10.1. The van der Waals surface area contributed by atoms with E-state index in [1.807, 2.05) is 13.8 Å². The fourth-order valence-corrected chi connectivity index (χ4v) is 2.62. The molecule has 18 heavy (non-hydrogen) atoms. The van der Waals surface area contributed by atoms with Crippen LogP contribution in [0.25, 0.3) is 0 Å². The molecule has 0 spiro atoms. The summed E-state index contributed by atoms with van der Waals surface area (Å²) < 4.78 is 0. The topological polar surface area (TPSA) is 29.1 Å². The van der Waals surface area contributed by atoms with Crippen molar-refractivity contribution in [2.75, 3.05) is 5.88 Å². The predicted molar refractivity (Wildman–Crippen MR) is 75.0 cm³/mol. The van der Waals surface area contributed by atoms with E-state index in [0.29, 0.717) is 5.88 Å². The van der Waals surface area contributed by atoms with Gasteiger partial charge in [-0.3, -0.25) is 4.79 Å². The van der Waals surface area contributed by atoms with Gasteiger partial charge in [-0.15, -0.1) is 11.6 Å². The molecule has 1 amide bonds. The van der Waals surface area contributed by atoms with Crippen LogP contribution in [-0.4, -0.2) is 17.8 Å². The van der Waals surface area contributed by atoms with Gasteiger partial charge in [0, 0.05) is 17.8 Å². The van der Waals surface area contributed by atoms with Crippen LogP contribution in [0.4, 0.5) is 0 Å². The van der Waals surface area contributed by atoms with Crippen molar-refractivity contribution < 1.29 is 4.79 Å². The zero-order valence-electron chi connectivity index (χ0n) is 11.0. The van der Waals surface area contributed by atoms with Crippen LogP contribution in [-0.2, 0) is 24.1 Å². The maximum absolute atomic E-state index is 11.7. The maximum atomic E-state index is 11.7. The quantitative estimate of drug-likeness (QED) is 0.834. The van der Waals surface area contributed by atoms with Crippen LogP contribution in [0.5, 0.6) is 0 Å². The molecular formula is C15H20ClNO. The van der Waals surface area contributed by atoms with Crippen LogP contribution in [0, 0.1) is 5.92 Å². The molecule has 1 aromatic carbocycles. The Morgan fingerprint density at radius 2 is 2.11 bits per heavy atom. The minimum absolute atomic E-state index is 0.0560. The standard InChI is InChI=1S/C15H20ClNO/c1-10(2)15(18)17-14-8-12-4-3-11(5-6-16)7-13(12)9-14/h3-4,7,10,14H,5-6,8-9H2,1-2H3,(H,17,18)/t14-/m0/s1. The summed E-state index contributed by atoms with van der Waals surface area (Å²) in [6.45, 7) is 3.85. The highest BCUT2D eigenvalue weighted by molar-refractivity contribution is 6.17. The van der Waals surface area contributed by atoms with Crippen molar-refractivity contribution >= 4 is 17.5 Å². The molecule has 1 aromatic rings. The third kappa shape index (κ3) is 3.05. The fraction of sp³-hybridized carbons (Fsp3) is 0.533. The molecular weight excluding hydrogens is 246 g/mol. The van der Waals surface area contributed by atoms with Crippen molar-refractivity contribution in [1.29, 1.82) is 0 Å². The van der Waals surface area contributed by atoms with Crippen LogP contribution < -0.4 is 5.32 Å². The molecule has 1 N–H and O–H groups in total. The summed E-state index contributed by atoms with van der Waals surface area (Å²) in [4.78, 5) is 11.7. The number of amides is 1. The van der Waals surface area contributed by atoms with E-state index >= 15 is 0 Å². The van der Waals surface area contributed by atoms with Gasteiger partial charge in [-0.05, 0) is 36.0 Å². The second kappa shape index (κ2) is 5.75. The van der Waals surface area contributed by atoms with Crippen molar-refractivity contribution in [2.24, 2.45) is 5.92 Å². The molecule has 98 valence electrons. The zero-order valence-corrected chi connectivity index (χ0v) is 11.8. The number of hydrogen-bond donors (Lipinski definition) is 1. The molecule has 0 saturated carbocycles. The minimum atomic E-state index is 0.0560. The molecule has 1 atom stereocenters. The van der Waals surface area contributed by atoms with Gasteiger partial charge in [0.25, 0.3) is 0 Å². The second-order valence-corrected chi connectivity index (χ2v) is 5.69. The number of alkyl halides is 1. The van der Waals surface area contributed by atoms with Gasteiger partial charge in [0.05, 0.1) is 0 Å². The minimum Gasteiger partial charge on any atom is -0.352 e. The molecule has 3 heteroatoms. The molecule has 0 fully saturated rings. The first kappa shape index (κ1) is 13.4. The van der Waals surface area contributed by atoms with E-state index in [9.17, 15) is 4.79 Å². The molecule has 0 heterocycles. The molecule has 0 radical (unpaired) electrons. The average Bonchev–Trinajstić information content (AvgIpc) is 2.70. The first-order chi connectivity index (χ1) is 8.60. The molecule has 0 aliphatic heterocycles. The number of halogens is 1. The Bertz CT molecular complexity index is 442. The van der Waals surface area contributed by atoms with E-state index in [1.54, 1.807) is 0 Å². The molecule has 0 unspecified atom stereocenters. The number of fused-ring (bicyclic) bond motifs is 1. The van der Waals surface area contributed by atoms with Crippen molar-refractivity contribution in [3.05, 3.63) is 34.9 Å². The third-order valence-corrected chi connectivity index (χ3v) is 3.65. The largest absolute Gasteiger partial charge is 0.352 e. The summed E-state index contributed by atoms with van der Waals surface area (Å²) in [5.74, 6) is 0.862. The molecule has 1 aliphatic carbocycles. The van der Waals surface area contributed by atoms with Crippen LogP contribution >= 0.6 is 11.6 Å². The Morgan fingerprint density at radius 3 is 2.78 bits per heavy atom. The number of nitrogens with one attached hydrogen (secondary N) is 1. The van der Waals surface area contributed by atoms with E-state index in [-0.39, 0.29) is 17.9 Å².